The van der Waals surface area contributed by atoms with Crippen molar-refractivity contribution in [1.29, 1.82) is 0 Å². The third kappa shape index (κ3) is 5.74. The second-order valence-electron chi connectivity index (χ2n) is 8.05. The minimum atomic E-state index is -0.750. The van der Waals surface area contributed by atoms with Gasteiger partial charge in [0.1, 0.15) is 0 Å². The van der Waals surface area contributed by atoms with E-state index < -0.39 is 12.0 Å². The van der Waals surface area contributed by atoms with Gasteiger partial charge in [-0.1, -0.05) is 42.3 Å². The molecule has 1 atom stereocenters. The molecule has 0 saturated carbocycles. The molecule has 0 aromatic heterocycles. The lowest BCUT2D eigenvalue weighted by atomic mass is 9.94. The molecule has 3 rings (SSSR count). The van der Waals surface area contributed by atoms with Crippen LogP contribution in [-0.4, -0.2) is 78.5 Å². The second kappa shape index (κ2) is 11.7. The Morgan fingerprint density at radius 1 is 1.18 bits per heavy atom. The summed E-state index contributed by atoms with van der Waals surface area (Å²) in [5, 5.41) is 3.61. The van der Waals surface area contributed by atoms with Crippen LogP contribution in [0.3, 0.4) is 0 Å². The van der Waals surface area contributed by atoms with Crippen LogP contribution in [-0.2, 0) is 14.3 Å². The van der Waals surface area contributed by atoms with Crippen LogP contribution in [0, 0.1) is 0 Å². The number of urea groups is 1. The molecule has 1 aromatic rings. The predicted octanol–water partition coefficient (Wildman–Crippen LogP) is 3.62. The molecule has 8 nitrogen and oxygen atoms in total. The molecule has 1 N–H and O–H groups in total. The van der Waals surface area contributed by atoms with E-state index in [2.05, 4.69) is 16.8 Å². The highest BCUT2D eigenvalue weighted by Gasteiger charge is 2.39. The number of hydrogen-bond acceptors (Lipinski definition) is 5. The third-order valence-corrected chi connectivity index (χ3v) is 6.66. The van der Waals surface area contributed by atoms with E-state index in [4.69, 9.17) is 27.9 Å². The lowest BCUT2D eigenvalue weighted by molar-refractivity contribution is -0.139. The van der Waals surface area contributed by atoms with E-state index in [1.807, 2.05) is 11.8 Å². The lowest BCUT2D eigenvalue weighted by Gasteiger charge is -2.40. The molecule has 0 aliphatic carbocycles. The molecule has 0 bridgehead atoms. The summed E-state index contributed by atoms with van der Waals surface area (Å²) in [4.78, 5) is 43.9. The molecule has 10 heteroatoms. The molecule has 1 aromatic carbocycles. The Kier molecular flexibility index (Phi) is 8.99. The van der Waals surface area contributed by atoms with Gasteiger partial charge >= 0.3 is 12.0 Å². The molecular weight excluding hydrogens is 479 g/mol. The molecule has 1 fully saturated rings. The zero-order valence-corrected chi connectivity index (χ0v) is 21.0. The van der Waals surface area contributed by atoms with Crippen molar-refractivity contribution in [3.05, 3.63) is 57.7 Å². The number of ether oxygens (including phenoxy) is 1. The van der Waals surface area contributed by atoms with Crippen LogP contribution in [0.2, 0.25) is 10.0 Å². The highest BCUT2D eigenvalue weighted by atomic mass is 35.5. The number of esters is 1. The number of hydrogen-bond donors (Lipinski definition) is 1. The van der Waals surface area contributed by atoms with Crippen LogP contribution in [0.25, 0.3) is 0 Å². The topological polar surface area (TPSA) is 82.2 Å². The van der Waals surface area contributed by atoms with Gasteiger partial charge < -0.3 is 15.0 Å². The summed E-state index contributed by atoms with van der Waals surface area (Å²) in [5.41, 5.74) is 1.52. The van der Waals surface area contributed by atoms with E-state index in [1.54, 1.807) is 31.2 Å². The highest BCUT2D eigenvalue weighted by Crippen LogP contribution is 2.35. The summed E-state index contributed by atoms with van der Waals surface area (Å²) >= 11 is 12.3. The van der Waals surface area contributed by atoms with Gasteiger partial charge in [0.05, 0.1) is 28.3 Å². The molecular formula is C24H30Cl2N4O4. The van der Waals surface area contributed by atoms with Gasteiger partial charge in [-0.15, -0.1) is 6.58 Å². The first-order valence-electron chi connectivity index (χ1n) is 11.3. The molecule has 2 heterocycles. The van der Waals surface area contributed by atoms with E-state index in [0.29, 0.717) is 66.0 Å². The SMILES string of the molecule is C=CCN1C(=O)NC(c2ccc(Cl)c(Cl)c2)C(C(=O)OCC)=C1CN1CCN(C(=O)CC)CC1. The van der Waals surface area contributed by atoms with E-state index in [0.717, 1.165) is 0 Å². The van der Waals surface area contributed by atoms with Crippen molar-refractivity contribution in [1.82, 2.24) is 20.0 Å². The fourth-order valence-electron chi connectivity index (χ4n) is 4.18. The van der Waals surface area contributed by atoms with E-state index in [-0.39, 0.29) is 25.1 Å². The van der Waals surface area contributed by atoms with Gasteiger partial charge in [-0.2, -0.15) is 0 Å². The molecule has 3 amide bonds. The largest absolute Gasteiger partial charge is 0.463 e. The highest BCUT2D eigenvalue weighted by molar-refractivity contribution is 6.42. The predicted molar refractivity (Wildman–Crippen MR) is 132 cm³/mol. The molecule has 1 unspecified atom stereocenters. The average molecular weight is 509 g/mol. The summed E-state index contributed by atoms with van der Waals surface area (Å²) < 4.78 is 5.40. The lowest BCUT2D eigenvalue weighted by Crippen LogP contribution is -2.53. The van der Waals surface area contributed by atoms with Crippen molar-refractivity contribution >= 4 is 41.1 Å². The number of rotatable bonds is 8. The van der Waals surface area contributed by atoms with E-state index >= 15 is 0 Å². The maximum absolute atomic E-state index is 13.2. The van der Waals surface area contributed by atoms with Crippen LogP contribution in [0.5, 0.6) is 0 Å². The second-order valence-corrected chi connectivity index (χ2v) is 8.86. The first kappa shape index (κ1) is 26.1. The number of nitrogens with zero attached hydrogens (tertiary/aromatic N) is 3. The van der Waals surface area contributed by atoms with Crippen LogP contribution in [0.4, 0.5) is 4.79 Å². The Bertz CT molecular complexity index is 989. The molecule has 34 heavy (non-hydrogen) atoms. The Balaban J connectivity index is 2.02. The molecule has 2 aliphatic rings. The summed E-state index contributed by atoms with van der Waals surface area (Å²) in [5.74, 6) is -0.390. The fraction of sp³-hybridized carbons (Fsp3) is 0.458. The summed E-state index contributed by atoms with van der Waals surface area (Å²) in [7, 11) is 0. The maximum Gasteiger partial charge on any atom is 0.338 e. The Morgan fingerprint density at radius 2 is 1.88 bits per heavy atom. The molecule has 2 aliphatic heterocycles. The molecule has 0 spiro atoms. The van der Waals surface area contributed by atoms with Crippen molar-refractivity contribution in [3.8, 4) is 0 Å². The number of carbonyl (C=O) groups is 3. The first-order chi connectivity index (χ1) is 16.3. The van der Waals surface area contributed by atoms with Crippen LogP contribution >= 0.6 is 23.2 Å². The zero-order chi connectivity index (χ0) is 24.8. The van der Waals surface area contributed by atoms with E-state index in [9.17, 15) is 14.4 Å². The summed E-state index contributed by atoms with van der Waals surface area (Å²) in [6.45, 7) is 10.6. The van der Waals surface area contributed by atoms with Crippen molar-refractivity contribution in [2.24, 2.45) is 0 Å². The molecule has 1 saturated heterocycles. The molecule has 184 valence electrons. The Morgan fingerprint density at radius 3 is 2.47 bits per heavy atom. The van der Waals surface area contributed by atoms with Gasteiger partial charge in [-0.25, -0.2) is 9.59 Å². The number of carbonyl (C=O) groups excluding carboxylic acids is 3. The number of benzene rings is 1. The van der Waals surface area contributed by atoms with Crippen molar-refractivity contribution in [2.45, 2.75) is 26.3 Å². The summed E-state index contributed by atoms with van der Waals surface area (Å²) in [6, 6.07) is 3.91. The average Bonchev–Trinajstić information content (AvgIpc) is 2.83. The van der Waals surface area contributed by atoms with Gasteiger partial charge in [0.2, 0.25) is 5.91 Å². The zero-order valence-electron chi connectivity index (χ0n) is 19.5. The van der Waals surface area contributed by atoms with Crippen molar-refractivity contribution < 1.29 is 19.1 Å². The third-order valence-electron chi connectivity index (χ3n) is 5.92. The van der Waals surface area contributed by atoms with Crippen LogP contribution in [0.1, 0.15) is 31.9 Å². The van der Waals surface area contributed by atoms with E-state index in [1.165, 1.54) is 4.90 Å². The number of nitrogens with one attached hydrogen (secondary N) is 1. The minimum absolute atomic E-state index is 0.121. The first-order valence-corrected chi connectivity index (χ1v) is 12.1. The van der Waals surface area contributed by atoms with Crippen LogP contribution in [0.15, 0.2) is 42.1 Å². The number of amides is 3. The minimum Gasteiger partial charge on any atom is -0.463 e. The summed E-state index contributed by atoms with van der Waals surface area (Å²) in [6.07, 6.45) is 2.08. The van der Waals surface area contributed by atoms with Crippen LogP contribution < -0.4 is 5.32 Å². The smallest absolute Gasteiger partial charge is 0.338 e. The van der Waals surface area contributed by atoms with Gasteiger partial charge in [0, 0.05) is 51.4 Å². The standard InChI is InChI=1S/C24H30Cl2N4O4/c1-4-9-30-19(15-28-10-12-29(13-11-28)20(31)5-2)21(23(32)34-6-3)22(27-24(30)33)16-7-8-17(25)18(26)14-16/h4,7-8,14,22H,1,5-6,9-13,15H2,2-3H3,(H,27,33). The fourth-order valence-corrected chi connectivity index (χ4v) is 4.48. The van der Waals surface area contributed by atoms with Gasteiger partial charge in [-0.3, -0.25) is 14.6 Å². The van der Waals surface area contributed by atoms with Gasteiger partial charge in [0.25, 0.3) is 0 Å². The normalized spacial score (nSPS) is 19.2. The Hall–Kier alpha value is -2.55. The molecule has 0 radical (unpaired) electrons. The Labute approximate surface area is 210 Å². The van der Waals surface area contributed by atoms with Crippen molar-refractivity contribution in [2.75, 3.05) is 45.9 Å². The maximum atomic E-state index is 13.2. The van der Waals surface area contributed by atoms with Gasteiger partial charge in [0.15, 0.2) is 0 Å². The van der Waals surface area contributed by atoms with Gasteiger partial charge in [-0.05, 0) is 24.6 Å². The number of piperazine rings is 1. The monoisotopic (exact) mass is 508 g/mol. The van der Waals surface area contributed by atoms with Crippen molar-refractivity contribution in [3.63, 3.8) is 0 Å². The quantitative estimate of drug-likeness (QED) is 0.428. The number of halogens is 2.